The van der Waals surface area contributed by atoms with Crippen molar-refractivity contribution in [1.29, 1.82) is 0 Å². The first kappa shape index (κ1) is 12.9. The third-order valence-electron chi connectivity index (χ3n) is 5.26. The van der Waals surface area contributed by atoms with Gasteiger partial charge in [-0.2, -0.15) is 0 Å². The fraction of sp³-hybridized carbons (Fsp3) is 0.471. The molecular formula is C17H20N2O2. The second-order valence-corrected chi connectivity index (χ2v) is 6.36. The second-order valence-electron chi connectivity index (χ2n) is 6.36. The van der Waals surface area contributed by atoms with Gasteiger partial charge in [-0.3, -0.25) is 4.79 Å². The molecular weight excluding hydrogens is 264 g/mol. The first-order chi connectivity index (χ1) is 10.2. The van der Waals surface area contributed by atoms with Crippen molar-refractivity contribution in [3.05, 3.63) is 35.5 Å². The van der Waals surface area contributed by atoms with E-state index in [4.69, 9.17) is 4.74 Å². The Kier molecular flexibility index (Phi) is 2.82. The van der Waals surface area contributed by atoms with Crippen LogP contribution in [0.2, 0.25) is 0 Å². The molecule has 1 aromatic carbocycles. The number of nitrogens with zero attached hydrogens (tertiary/aromatic N) is 1. The summed E-state index contributed by atoms with van der Waals surface area (Å²) in [6, 6.07) is 6.96. The van der Waals surface area contributed by atoms with E-state index in [1.807, 2.05) is 0 Å². The molecule has 2 unspecified atom stereocenters. The van der Waals surface area contributed by atoms with Crippen molar-refractivity contribution in [2.45, 2.75) is 24.8 Å². The number of esters is 1. The molecule has 2 heterocycles. The molecule has 0 bridgehead atoms. The van der Waals surface area contributed by atoms with Gasteiger partial charge < -0.3 is 14.6 Å². The molecule has 0 spiro atoms. The van der Waals surface area contributed by atoms with Crippen LogP contribution >= 0.6 is 0 Å². The third-order valence-corrected chi connectivity index (χ3v) is 5.26. The smallest absolute Gasteiger partial charge is 0.309 e. The molecule has 1 aromatic heterocycles. The lowest BCUT2D eigenvalue weighted by Gasteiger charge is -2.44. The molecule has 3 atom stereocenters. The largest absolute Gasteiger partial charge is 0.469 e. The Morgan fingerprint density at radius 3 is 3.10 bits per heavy atom. The fourth-order valence-electron chi connectivity index (χ4n) is 4.28. The van der Waals surface area contributed by atoms with Gasteiger partial charge in [-0.05, 0) is 37.1 Å². The lowest BCUT2D eigenvalue weighted by Crippen LogP contribution is -2.49. The van der Waals surface area contributed by atoms with Gasteiger partial charge in [0.05, 0.1) is 13.0 Å². The Hall–Kier alpha value is -1.81. The minimum atomic E-state index is -0.0765. The predicted molar refractivity (Wildman–Crippen MR) is 81.3 cm³/mol. The number of rotatable bonds is 1. The van der Waals surface area contributed by atoms with Gasteiger partial charge in [0.15, 0.2) is 0 Å². The first-order valence-corrected chi connectivity index (χ1v) is 7.56. The summed E-state index contributed by atoms with van der Waals surface area (Å²) in [7, 11) is 3.62. The van der Waals surface area contributed by atoms with Crippen molar-refractivity contribution in [3.8, 4) is 0 Å². The predicted octanol–water partition coefficient (Wildman–Crippen LogP) is 2.30. The number of hydrogen-bond acceptors (Lipinski definition) is 3. The highest BCUT2D eigenvalue weighted by molar-refractivity contribution is 5.88. The number of H-pyrrole nitrogens is 1. The zero-order valence-corrected chi connectivity index (χ0v) is 12.4. The lowest BCUT2D eigenvalue weighted by molar-refractivity contribution is -0.148. The van der Waals surface area contributed by atoms with Crippen LogP contribution in [0.5, 0.6) is 0 Å². The zero-order valence-electron chi connectivity index (χ0n) is 12.4. The number of benzene rings is 1. The van der Waals surface area contributed by atoms with E-state index in [1.54, 1.807) is 0 Å². The average molecular weight is 284 g/mol. The molecule has 0 radical (unpaired) electrons. The molecule has 1 fully saturated rings. The number of piperidine rings is 1. The lowest BCUT2D eigenvalue weighted by atomic mass is 9.72. The standard InChI is InChI=1S/C17H20N2O2/c1-19-9-11(17(20)21-2)6-13-12-4-3-5-14-16(12)10(8-18-14)7-15(13)19/h3-5,8,11,13,15,18H,6-7,9H2,1-2H3/t11-,13?,15?/m1/s1. The van der Waals surface area contributed by atoms with Gasteiger partial charge in [-0.1, -0.05) is 12.1 Å². The highest BCUT2D eigenvalue weighted by atomic mass is 16.5. The summed E-state index contributed by atoms with van der Waals surface area (Å²) in [5, 5.41) is 1.37. The number of aromatic nitrogens is 1. The van der Waals surface area contributed by atoms with Crippen LogP contribution < -0.4 is 0 Å². The van der Waals surface area contributed by atoms with Crippen molar-refractivity contribution < 1.29 is 9.53 Å². The first-order valence-electron chi connectivity index (χ1n) is 7.56. The van der Waals surface area contributed by atoms with Crippen LogP contribution in [0.15, 0.2) is 24.4 Å². The Morgan fingerprint density at radius 1 is 1.43 bits per heavy atom. The highest BCUT2D eigenvalue weighted by Crippen LogP contribution is 2.44. The molecule has 21 heavy (non-hydrogen) atoms. The Bertz CT molecular complexity index is 706. The van der Waals surface area contributed by atoms with Crippen molar-refractivity contribution in [2.24, 2.45) is 5.92 Å². The second kappa shape index (κ2) is 4.60. The van der Waals surface area contributed by atoms with Gasteiger partial charge >= 0.3 is 5.97 Å². The number of nitrogens with one attached hydrogen (secondary N) is 1. The van der Waals surface area contributed by atoms with E-state index in [9.17, 15) is 4.79 Å². The van der Waals surface area contributed by atoms with Crippen LogP contribution in [-0.2, 0) is 16.0 Å². The number of aromatic amines is 1. The summed E-state index contributed by atoms with van der Waals surface area (Å²) < 4.78 is 4.97. The van der Waals surface area contributed by atoms with Gasteiger partial charge in [0, 0.05) is 35.6 Å². The fourth-order valence-corrected chi connectivity index (χ4v) is 4.28. The molecule has 1 aliphatic carbocycles. The average Bonchev–Trinajstić information content (AvgIpc) is 2.92. The number of carbonyl (C=O) groups excluding carboxylic acids is 1. The third kappa shape index (κ3) is 1.82. The molecule has 0 amide bonds. The van der Waals surface area contributed by atoms with Gasteiger partial charge in [0.25, 0.3) is 0 Å². The van der Waals surface area contributed by atoms with Crippen LogP contribution in [-0.4, -0.2) is 42.6 Å². The van der Waals surface area contributed by atoms with Crippen LogP contribution in [0.4, 0.5) is 0 Å². The van der Waals surface area contributed by atoms with E-state index >= 15 is 0 Å². The number of likely N-dealkylation sites (tertiary alicyclic amines) is 1. The van der Waals surface area contributed by atoms with Crippen molar-refractivity contribution in [1.82, 2.24) is 9.88 Å². The summed E-state index contributed by atoms with van der Waals surface area (Å²) in [6.07, 6.45) is 4.10. The molecule has 2 aromatic rings. The summed E-state index contributed by atoms with van der Waals surface area (Å²) in [6.45, 7) is 0.795. The minimum absolute atomic E-state index is 0.0167. The maximum Gasteiger partial charge on any atom is 0.309 e. The van der Waals surface area contributed by atoms with Crippen molar-refractivity contribution in [3.63, 3.8) is 0 Å². The van der Waals surface area contributed by atoms with Crippen molar-refractivity contribution in [2.75, 3.05) is 20.7 Å². The SMILES string of the molecule is COC(=O)[C@@H]1CC2c3cccc4[nH]cc(c34)CC2N(C)C1. The van der Waals surface area contributed by atoms with Gasteiger partial charge in [0.2, 0.25) is 0 Å². The molecule has 4 heteroatoms. The summed E-state index contributed by atoms with van der Waals surface area (Å²) in [5.41, 5.74) is 4.01. The van der Waals surface area contributed by atoms with E-state index < -0.39 is 0 Å². The normalized spacial score (nSPS) is 28.4. The van der Waals surface area contributed by atoms with Crippen LogP contribution in [0.25, 0.3) is 10.9 Å². The summed E-state index contributed by atoms with van der Waals surface area (Å²) in [4.78, 5) is 17.7. The Labute approximate surface area is 124 Å². The van der Waals surface area contributed by atoms with Gasteiger partial charge in [-0.15, -0.1) is 0 Å². The van der Waals surface area contributed by atoms with Gasteiger partial charge in [-0.25, -0.2) is 0 Å². The van der Waals surface area contributed by atoms with Crippen LogP contribution in [0.3, 0.4) is 0 Å². The van der Waals surface area contributed by atoms with Crippen LogP contribution in [0, 0.1) is 5.92 Å². The maximum atomic E-state index is 12.0. The number of methoxy groups -OCH3 is 1. The zero-order chi connectivity index (χ0) is 14.6. The number of hydrogen-bond donors (Lipinski definition) is 1. The summed E-state index contributed by atoms with van der Waals surface area (Å²) >= 11 is 0. The number of likely N-dealkylation sites (N-methyl/N-ethyl adjacent to an activating group) is 1. The molecule has 4 rings (SSSR count). The molecule has 1 aliphatic heterocycles. The Morgan fingerprint density at radius 2 is 2.29 bits per heavy atom. The molecule has 110 valence electrons. The minimum Gasteiger partial charge on any atom is -0.469 e. The molecule has 0 saturated carbocycles. The molecule has 2 aliphatic rings. The van der Waals surface area contributed by atoms with Crippen LogP contribution in [0.1, 0.15) is 23.5 Å². The maximum absolute atomic E-state index is 12.0. The number of ether oxygens (including phenoxy) is 1. The van der Waals surface area contributed by atoms with Crippen molar-refractivity contribution >= 4 is 16.9 Å². The van der Waals surface area contributed by atoms with Gasteiger partial charge in [0.1, 0.15) is 0 Å². The highest BCUT2D eigenvalue weighted by Gasteiger charge is 2.41. The Balaban J connectivity index is 1.79. The van der Waals surface area contributed by atoms with E-state index in [2.05, 4.69) is 41.3 Å². The monoisotopic (exact) mass is 284 g/mol. The molecule has 4 nitrogen and oxygen atoms in total. The van der Waals surface area contributed by atoms with E-state index in [1.165, 1.54) is 29.1 Å². The number of fused-ring (bicyclic) bond motifs is 2. The van der Waals surface area contributed by atoms with E-state index in [-0.39, 0.29) is 11.9 Å². The topological polar surface area (TPSA) is 45.3 Å². The molecule has 1 N–H and O–H groups in total. The quantitative estimate of drug-likeness (QED) is 0.817. The molecule has 1 saturated heterocycles. The number of carbonyl (C=O) groups is 1. The van der Waals surface area contributed by atoms with E-state index in [0.29, 0.717) is 12.0 Å². The van der Waals surface area contributed by atoms with E-state index in [0.717, 1.165) is 19.4 Å². The summed E-state index contributed by atoms with van der Waals surface area (Å²) in [5.74, 6) is 0.323.